The summed E-state index contributed by atoms with van der Waals surface area (Å²) >= 11 is 5.54. The summed E-state index contributed by atoms with van der Waals surface area (Å²) in [6, 6.07) is 3.05. The predicted molar refractivity (Wildman–Crippen MR) is 48.4 cm³/mol. The Kier molecular flexibility index (Phi) is 2.54. The van der Waals surface area contributed by atoms with Crippen molar-refractivity contribution in [2.24, 2.45) is 5.73 Å². The zero-order valence-electron chi connectivity index (χ0n) is 6.99. The zero-order valence-corrected chi connectivity index (χ0v) is 7.75. The third-order valence-electron chi connectivity index (χ3n) is 1.77. The Bertz CT molecular complexity index is 321. The fraction of sp³-hybridized carbons (Fsp3) is 0.250. The van der Waals surface area contributed by atoms with Crippen molar-refractivity contribution < 1.29 is 9.90 Å². The van der Waals surface area contributed by atoms with Crippen molar-refractivity contribution in [3.63, 3.8) is 0 Å². The van der Waals surface area contributed by atoms with Gasteiger partial charge in [0, 0.05) is 11.8 Å². The van der Waals surface area contributed by atoms with Gasteiger partial charge in [-0.15, -0.1) is 0 Å². The maximum Gasteiger partial charge on any atom is 0.328 e. The van der Waals surface area contributed by atoms with Crippen LogP contribution in [-0.2, 0) is 10.3 Å². The number of halogens is 1. The summed E-state index contributed by atoms with van der Waals surface area (Å²) in [4.78, 5) is 14.5. The Morgan fingerprint density at radius 2 is 2.31 bits per heavy atom. The molecule has 3 N–H and O–H groups in total. The molecule has 0 bridgehead atoms. The molecular weight excluding hydrogens is 192 g/mol. The highest BCUT2D eigenvalue weighted by Gasteiger charge is 2.30. The first-order valence-corrected chi connectivity index (χ1v) is 3.96. The van der Waals surface area contributed by atoms with E-state index < -0.39 is 11.5 Å². The summed E-state index contributed by atoms with van der Waals surface area (Å²) < 4.78 is 0. The van der Waals surface area contributed by atoms with Gasteiger partial charge in [0.15, 0.2) is 0 Å². The summed E-state index contributed by atoms with van der Waals surface area (Å²) in [5, 5.41) is 9.09. The van der Waals surface area contributed by atoms with Crippen molar-refractivity contribution >= 4 is 17.6 Å². The first-order valence-electron chi connectivity index (χ1n) is 3.59. The smallest absolute Gasteiger partial charge is 0.328 e. The first-order chi connectivity index (χ1) is 5.94. The summed E-state index contributed by atoms with van der Waals surface area (Å²) in [5.74, 6) is -1.10. The van der Waals surface area contributed by atoms with Crippen LogP contribution in [0, 0.1) is 0 Å². The Hall–Kier alpha value is -1.13. The van der Waals surface area contributed by atoms with Gasteiger partial charge in [0.25, 0.3) is 0 Å². The lowest BCUT2D eigenvalue weighted by Crippen LogP contribution is -2.41. The number of aromatic nitrogens is 1. The van der Waals surface area contributed by atoms with Crippen molar-refractivity contribution in [3.8, 4) is 0 Å². The molecule has 0 aromatic carbocycles. The van der Waals surface area contributed by atoms with Crippen LogP contribution in [0.15, 0.2) is 18.3 Å². The zero-order chi connectivity index (χ0) is 10.1. The Balaban J connectivity index is 3.08. The number of carboxylic acids is 1. The topological polar surface area (TPSA) is 76.2 Å². The highest BCUT2D eigenvalue weighted by Crippen LogP contribution is 2.18. The second kappa shape index (κ2) is 3.32. The van der Waals surface area contributed by atoms with Crippen LogP contribution in [0.25, 0.3) is 0 Å². The number of carboxylic acid groups (broad SMARTS) is 1. The second-order valence-corrected chi connectivity index (χ2v) is 3.26. The van der Waals surface area contributed by atoms with Crippen LogP contribution >= 0.6 is 11.6 Å². The van der Waals surface area contributed by atoms with Gasteiger partial charge in [-0.05, 0) is 13.0 Å². The third-order valence-corrected chi connectivity index (χ3v) is 1.99. The molecule has 1 aromatic heterocycles. The standard InChI is InChI=1S/C8H9ClN2O2/c1-8(10,7(12)13)5-2-3-6(9)11-4-5/h2-4H,10H2,1H3,(H,12,13)/t8-/m1/s1. The lowest BCUT2D eigenvalue weighted by molar-refractivity contribution is -0.143. The molecule has 0 unspecified atom stereocenters. The lowest BCUT2D eigenvalue weighted by atomic mass is 9.95. The SMILES string of the molecule is C[C@](N)(C(=O)O)c1ccc(Cl)nc1. The summed E-state index contributed by atoms with van der Waals surface area (Å²) in [5.41, 5.74) is 4.55. The molecule has 13 heavy (non-hydrogen) atoms. The maximum absolute atomic E-state index is 10.7. The van der Waals surface area contributed by atoms with E-state index in [-0.39, 0.29) is 0 Å². The molecular formula is C8H9ClN2O2. The van der Waals surface area contributed by atoms with E-state index in [4.69, 9.17) is 22.4 Å². The van der Waals surface area contributed by atoms with E-state index in [2.05, 4.69) is 4.98 Å². The molecule has 5 heteroatoms. The Labute approximate surface area is 80.3 Å². The quantitative estimate of drug-likeness (QED) is 0.699. The van der Waals surface area contributed by atoms with Gasteiger partial charge in [-0.1, -0.05) is 17.7 Å². The summed E-state index contributed by atoms with van der Waals surface area (Å²) in [6.07, 6.45) is 1.36. The number of rotatable bonds is 2. The van der Waals surface area contributed by atoms with Gasteiger partial charge in [0.2, 0.25) is 0 Å². The Morgan fingerprint density at radius 3 is 2.69 bits per heavy atom. The highest BCUT2D eigenvalue weighted by atomic mass is 35.5. The van der Waals surface area contributed by atoms with Crippen molar-refractivity contribution in [2.75, 3.05) is 0 Å². The largest absolute Gasteiger partial charge is 0.480 e. The van der Waals surface area contributed by atoms with Gasteiger partial charge >= 0.3 is 5.97 Å². The molecule has 1 rings (SSSR count). The van der Waals surface area contributed by atoms with E-state index in [9.17, 15) is 4.79 Å². The molecule has 0 saturated heterocycles. The van der Waals surface area contributed by atoms with Crippen molar-refractivity contribution in [2.45, 2.75) is 12.5 Å². The van der Waals surface area contributed by atoms with Crippen LogP contribution < -0.4 is 5.73 Å². The predicted octanol–water partition coefficient (Wildman–Crippen LogP) is 0.994. The van der Waals surface area contributed by atoms with Crippen LogP contribution in [0.1, 0.15) is 12.5 Å². The van der Waals surface area contributed by atoms with Crippen molar-refractivity contribution in [1.29, 1.82) is 0 Å². The molecule has 0 aliphatic heterocycles. The molecule has 0 radical (unpaired) electrons. The number of aliphatic carboxylic acids is 1. The van der Waals surface area contributed by atoms with Gasteiger partial charge in [-0.25, -0.2) is 9.78 Å². The molecule has 0 amide bonds. The van der Waals surface area contributed by atoms with E-state index in [1.807, 2.05) is 0 Å². The minimum absolute atomic E-state index is 0.310. The fourth-order valence-electron chi connectivity index (χ4n) is 0.806. The molecule has 1 atom stereocenters. The van der Waals surface area contributed by atoms with E-state index in [0.717, 1.165) is 0 Å². The van der Waals surface area contributed by atoms with E-state index in [0.29, 0.717) is 10.7 Å². The van der Waals surface area contributed by atoms with Gasteiger partial charge in [0.1, 0.15) is 10.7 Å². The summed E-state index contributed by atoms with van der Waals surface area (Å²) in [7, 11) is 0. The average molecular weight is 201 g/mol. The number of pyridine rings is 1. The van der Waals surface area contributed by atoms with E-state index >= 15 is 0 Å². The van der Waals surface area contributed by atoms with Gasteiger partial charge < -0.3 is 10.8 Å². The van der Waals surface area contributed by atoms with Gasteiger partial charge in [-0.2, -0.15) is 0 Å². The number of hydrogen-bond donors (Lipinski definition) is 2. The highest BCUT2D eigenvalue weighted by molar-refractivity contribution is 6.29. The third kappa shape index (κ3) is 1.96. The van der Waals surface area contributed by atoms with E-state index in [1.165, 1.54) is 19.2 Å². The van der Waals surface area contributed by atoms with Crippen LogP contribution in [0.2, 0.25) is 5.15 Å². The van der Waals surface area contributed by atoms with Crippen LogP contribution in [0.3, 0.4) is 0 Å². The monoisotopic (exact) mass is 200 g/mol. The molecule has 4 nitrogen and oxygen atoms in total. The molecule has 0 saturated carbocycles. The molecule has 0 spiro atoms. The molecule has 1 aromatic rings. The number of carbonyl (C=O) groups is 1. The number of nitrogens with zero attached hydrogens (tertiary/aromatic N) is 1. The normalized spacial score (nSPS) is 15.0. The maximum atomic E-state index is 10.7. The van der Waals surface area contributed by atoms with Crippen molar-refractivity contribution in [3.05, 3.63) is 29.0 Å². The first kappa shape index (κ1) is 9.95. The minimum Gasteiger partial charge on any atom is -0.480 e. The molecule has 0 fully saturated rings. The number of nitrogens with two attached hydrogens (primary N) is 1. The van der Waals surface area contributed by atoms with Crippen LogP contribution in [-0.4, -0.2) is 16.1 Å². The van der Waals surface area contributed by atoms with E-state index in [1.54, 1.807) is 6.07 Å². The average Bonchev–Trinajstić information content (AvgIpc) is 2.04. The number of hydrogen-bond acceptors (Lipinski definition) is 3. The van der Waals surface area contributed by atoms with Crippen molar-refractivity contribution in [1.82, 2.24) is 4.98 Å². The van der Waals surface area contributed by atoms with Crippen LogP contribution in [0.4, 0.5) is 0 Å². The molecule has 1 heterocycles. The minimum atomic E-state index is -1.42. The summed E-state index contributed by atoms with van der Waals surface area (Å²) in [6.45, 7) is 1.40. The molecule has 0 aliphatic rings. The Morgan fingerprint density at radius 1 is 1.69 bits per heavy atom. The molecule has 70 valence electrons. The second-order valence-electron chi connectivity index (χ2n) is 2.88. The van der Waals surface area contributed by atoms with Gasteiger partial charge in [0.05, 0.1) is 0 Å². The van der Waals surface area contributed by atoms with Crippen LogP contribution in [0.5, 0.6) is 0 Å². The fourth-order valence-corrected chi connectivity index (χ4v) is 0.918. The lowest BCUT2D eigenvalue weighted by Gasteiger charge is -2.18. The molecule has 0 aliphatic carbocycles. The van der Waals surface area contributed by atoms with Gasteiger partial charge in [-0.3, -0.25) is 0 Å².